The maximum absolute atomic E-state index is 14.0. The summed E-state index contributed by atoms with van der Waals surface area (Å²) >= 11 is 2.74. The number of aryl methyl sites for hydroxylation is 1. The zero-order chi connectivity index (χ0) is 31.9. The lowest BCUT2D eigenvalue weighted by molar-refractivity contribution is -0.123. The van der Waals surface area contributed by atoms with Crippen LogP contribution in [0.5, 0.6) is 5.75 Å². The van der Waals surface area contributed by atoms with E-state index >= 15 is 0 Å². The number of thiazole rings is 1. The Balaban J connectivity index is 1.18. The Morgan fingerprint density at radius 3 is 2.35 bits per heavy atom. The van der Waals surface area contributed by atoms with Crippen LogP contribution in [0.3, 0.4) is 0 Å². The molecule has 0 spiro atoms. The predicted octanol–water partition coefficient (Wildman–Crippen LogP) is 5.68. The van der Waals surface area contributed by atoms with E-state index < -0.39 is 17.7 Å². The Morgan fingerprint density at radius 2 is 1.65 bits per heavy atom. The molecular weight excluding hydrogens is 626 g/mol. The van der Waals surface area contributed by atoms with Crippen molar-refractivity contribution < 1.29 is 23.5 Å². The highest BCUT2D eigenvalue weighted by molar-refractivity contribution is 8.00. The third-order valence-electron chi connectivity index (χ3n) is 10.2. The lowest BCUT2D eigenvalue weighted by atomic mass is 9.68. The maximum atomic E-state index is 14.0. The first-order valence-electron chi connectivity index (χ1n) is 15.3. The molecule has 2 saturated carbocycles. The molecule has 1 saturated heterocycles. The molecular formula is C35H30FN3O5S2. The zero-order valence-corrected chi connectivity index (χ0v) is 26.6. The molecule has 3 fully saturated rings. The summed E-state index contributed by atoms with van der Waals surface area (Å²) in [7, 11) is 1.61. The number of fused-ring (bicyclic) bond motifs is 9. The van der Waals surface area contributed by atoms with Gasteiger partial charge in [0.1, 0.15) is 18.1 Å². The summed E-state index contributed by atoms with van der Waals surface area (Å²) in [5.74, 6) is -1.74. The molecule has 234 valence electrons. The Kier molecular flexibility index (Phi) is 6.95. The minimum atomic E-state index is -0.475. The van der Waals surface area contributed by atoms with E-state index in [1.807, 2.05) is 55.5 Å². The van der Waals surface area contributed by atoms with Gasteiger partial charge in [-0.05, 0) is 84.7 Å². The fraction of sp³-hybridized carbons (Fsp3) is 0.314. The second kappa shape index (κ2) is 10.9. The lowest BCUT2D eigenvalue weighted by Crippen LogP contribution is -2.43. The van der Waals surface area contributed by atoms with Crippen LogP contribution in [-0.2, 0) is 20.9 Å². The standard InChI is InChI=1S/C35H30FN3O5S2/c1-17-5-3-4-6-24(17)37-25(40)16-38-34-31(46-35(38)43)26(18-7-13-21(44-2)14-8-18)27-22-15-23(30(27)45-34)29-28(22)32(41)39(33(29)42)20-11-9-19(36)10-12-20/h3-14,22-23,26-30H,15-16H2,1-2H3,(H,37,40). The zero-order valence-electron chi connectivity index (χ0n) is 25.0. The molecule has 2 bridgehead atoms. The second-order valence-electron chi connectivity index (χ2n) is 12.5. The topological polar surface area (TPSA) is 97.7 Å². The molecule has 2 aliphatic carbocycles. The third-order valence-corrected chi connectivity index (χ3v) is 13.0. The summed E-state index contributed by atoms with van der Waals surface area (Å²) in [6, 6.07) is 20.8. The van der Waals surface area contributed by atoms with Crippen molar-refractivity contribution in [3.8, 4) is 5.75 Å². The third kappa shape index (κ3) is 4.39. The van der Waals surface area contributed by atoms with Crippen molar-refractivity contribution in [3.63, 3.8) is 0 Å². The normalized spacial score (nSPS) is 27.4. The number of imide groups is 1. The first-order valence-corrected chi connectivity index (χ1v) is 17.0. The van der Waals surface area contributed by atoms with Crippen molar-refractivity contribution in [2.45, 2.75) is 36.1 Å². The summed E-state index contributed by atoms with van der Waals surface area (Å²) in [5, 5.41) is 3.67. The number of carbonyl (C=O) groups excluding carboxylic acids is 3. The van der Waals surface area contributed by atoms with Gasteiger partial charge in [-0.2, -0.15) is 0 Å². The summed E-state index contributed by atoms with van der Waals surface area (Å²) in [6.07, 6.45) is 0.742. The number of benzene rings is 3. The molecule has 4 aromatic rings. The number of nitrogens with zero attached hydrogens (tertiary/aromatic N) is 2. The molecule has 1 aromatic heterocycles. The first-order chi connectivity index (χ1) is 22.2. The van der Waals surface area contributed by atoms with Crippen LogP contribution < -0.4 is 19.8 Å². The van der Waals surface area contributed by atoms with E-state index in [1.165, 1.54) is 29.2 Å². The number of aromatic nitrogens is 1. The number of carbonyl (C=O) groups is 3. The number of hydrogen-bond acceptors (Lipinski definition) is 7. The SMILES string of the molecule is COc1ccc(C2c3sc(=O)n(CC(=O)Nc4ccccc4C)c3SC3C4CC(C5C(=O)N(c6ccc(F)cc6)C(=O)C45)C23)cc1. The van der Waals surface area contributed by atoms with Crippen LogP contribution in [0.2, 0.25) is 0 Å². The van der Waals surface area contributed by atoms with Crippen molar-refractivity contribution in [1.82, 2.24) is 4.57 Å². The Labute approximate surface area is 272 Å². The number of anilines is 2. The monoisotopic (exact) mass is 655 g/mol. The predicted molar refractivity (Wildman–Crippen MR) is 174 cm³/mol. The van der Waals surface area contributed by atoms with Crippen molar-refractivity contribution in [2.75, 3.05) is 17.3 Å². The molecule has 46 heavy (non-hydrogen) atoms. The molecule has 11 heteroatoms. The number of methoxy groups -OCH3 is 1. The van der Waals surface area contributed by atoms with Gasteiger partial charge < -0.3 is 10.1 Å². The molecule has 8 nitrogen and oxygen atoms in total. The maximum Gasteiger partial charge on any atom is 0.308 e. The number of amides is 3. The Morgan fingerprint density at radius 1 is 0.957 bits per heavy atom. The molecule has 3 heterocycles. The van der Waals surface area contributed by atoms with Gasteiger partial charge in [0.05, 0.1) is 29.7 Å². The molecule has 3 aromatic carbocycles. The fourth-order valence-electron chi connectivity index (χ4n) is 8.33. The van der Waals surface area contributed by atoms with Gasteiger partial charge in [-0.25, -0.2) is 4.39 Å². The number of hydrogen-bond donors (Lipinski definition) is 1. The second-order valence-corrected chi connectivity index (χ2v) is 14.7. The van der Waals surface area contributed by atoms with Gasteiger partial charge in [0, 0.05) is 21.7 Å². The van der Waals surface area contributed by atoms with Crippen LogP contribution in [0.25, 0.3) is 0 Å². The molecule has 7 atom stereocenters. The van der Waals surface area contributed by atoms with Crippen molar-refractivity contribution in [1.29, 1.82) is 0 Å². The Hall–Kier alpha value is -4.22. The fourth-order valence-corrected chi connectivity index (χ4v) is 11.5. The van der Waals surface area contributed by atoms with E-state index in [1.54, 1.807) is 23.4 Å². The highest BCUT2D eigenvalue weighted by Gasteiger charge is 2.69. The van der Waals surface area contributed by atoms with Crippen LogP contribution in [-0.4, -0.2) is 34.6 Å². The average molecular weight is 656 g/mol. The van der Waals surface area contributed by atoms with Crippen molar-refractivity contribution in [3.05, 3.63) is 104 Å². The van der Waals surface area contributed by atoms with E-state index in [-0.39, 0.29) is 58.1 Å². The molecule has 3 amide bonds. The molecule has 8 rings (SSSR count). The minimum Gasteiger partial charge on any atom is -0.497 e. The number of thioether (sulfide) groups is 1. The van der Waals surface area contributed by atoms with Gasteiger partial charge in [-0.3, -0.25) is 28.6 Å². The molecule has 7 unspecified atom stereocenters. The van der Waals surface area contributed by atoms with Crippen LogP contribution in [0.4, 0.5) is 15.8 Å². The van der Waals surface area contributed by atoms with Gasteiger partial charge in [0.2, 0.25) is 17.7 Å². The van der Waals surface area contributed by atoms with E-state index in [9.17, 15) is 23.6 Å². The summed E-state index contributed by atoms with van der Waals surface area (Å²) < 4.78 is 20.7. The molecule has 4 aliphatic rings. The van der Waals surface area contributed by atoms with Crippen LogP contribution in [0, 0.1) is 42.3 Å². The van der Waals surface area contributed by atoms with Crippen molar-refractivity contribution in [2.24, 2.45) is 29.6 Å². The minimum absolute atomic E-state index is 0.00866. The van der Waals surface area contributed by atoms with E-state index in [2.05, 4.69) is 5.32 Å². The number of halogens is 1. The number of ether oxygens (including phenoxy) is 1. The van der Waals surface area contributed by atoms with E-state index in [0.717, 1.165) is 38.8 Å². The summed E-state index contributed by atoms with van der Waals surface area (Å²) in [5.41, 5.74) is 3.02. The largest absolute Gasteiger partial charge is 0.497 e. The molecule has 1 N–H and O–H groups in total. The van der Waals surface area contributed by atoms with E-state index in [0.29, 0.717) is 17.1 Å². The Bertz CT molecular complexity index is 1960. The van der Waals surface area contributed by atoms with Gasteiger partial charge >= 0.3 is 4.87 Å². The quantitative estimate of drug-likeness (QED) is 0.269. The van der Waals surface area contributed by atoms with Gasteiger partial charge in [-0.15, -0.1) is 11.8 Å². The van der Waals surface area contributed by atoms with Crippen LogP contribution >= 0.6 is 23.1 Å². The highest BCUT2D eigenvalue weighted by Crippen LogP contribution is 2.69. The highest BCUT2D eigenvalue weighted by atomic mass is 32.2. The average Bonchev–Trinajstić information content (AvgIpc) is 3.77. The van der Waals surface area contributed by atoms with Gasteiger partial charge in [-0.1, -0.05) is 41.7 Å². The first kappa shape index (κ1) is 29.2. The van der Waals surface area contributed by atoms with Gasteiger partial charge in [0.15, 0.2) is 0 Å². The van der Waals surface area contributed by atoms with E-state index in [4.69, 9.17) is 4.74 Å². The smallest absolute Gasteiger partial charge is 0.308 e. The van der Waals surface area contributed by atoms with Crippen LogP contribution in [0.1, 0.15) is 28.3 Å². The van der Waals surface area contributed by atoms with Crippen LogP contribution in [0.15, 0.2) is 82.6 Å². The number of para-hydroxylation sites is 1. The van der Waals surface area contributed by atoms with Gasteiger partial charge in [0.25, 0.3) is 0 Å². The molecule has 0 radical (unpaired) electrons. The van der Waals surface area contributed by atoms with Crippen molar-refractivity contribution >= 4 is 52.2 Å². The number of rotatable bonds is 6. The lowest BCUT2D eigenvalue weighted by Gasteiger charge is -2.43. The summed E-state index contributed by atoms with van der Waals surface area (Å²) in [4.78, 5) is 56.7. The molecule has 2 aliphatic heterocycles. The number of nitrogens with one attached hydrogen (secondary N) is 1. The summed E-state index contributed by atoms with van der Waals surface area (Å²) in [6.45, 7) is 1.78.